The second-order valence-corrected chi connectivity index (χ2v) is 5.46. The maximum Gasteiger partial charge on any atom is 0.253 e. The summed E-state index contributed by atoms with van der Waals surface area (Å²) in [5.41, 5.74) is 0. The van der Waals surface area contributed by atoms with E-state index in [1.807, 2.05) is 4.90 Å². The Hall–Kier alpha value is -1.37. The summed E-state index contributed by atoms with van der Waals surface area (Å²) in [6, 6.07) is 3.60. The highest BCUT2D eigenvalue weighted by Gasteiger charge is 2.32. The fourth-order valence-electron chi connectivity index (χ4n) is 2.59. The quantitative estimate of drug-likeness (QED) is 0.808. The van der Waals surface area contributed by atoms with E-state index < -0.39 is 6.10 Å². The Kier molecular flexibility index (Phi) is 4.57. The number of hydrogen-bond donors (Lipinski definition) is 0. The Balaban J connectivity index is 1.68. The molecule has 0 saturated carbocycles. The van der Waals surface area contributed by atoms with Crippen molar-refractivity contribution < 1.29 is 14.3 Å². The first-order valence-electron chi connectivity index (χ1n) is 7.09. The lowest BCUT2D eigenvalue weighted by Crippen LogP contribution is -2.53. The van der Waals surface area contributed by atoms with E-state index in [0.29, 0.717) is 56.8 Å². The van der Waals surface area contributed by atoms with Crippen molar-refractivity contribution in [1.29, 1.82) is 0 Å². The van der Waals surface area contributed by atoms with E-state index >= 15 is 0 Å². The summed E-state index contributed by atoms with van der Waals surface area (Å²) in [7, 11) is 0. The molecule has 3 heterocycles. The molecule has 7 heteroatoms. The van der Waals surface area contributed by atoms with Crippen molar-refractivity contribution in [2.24, 2.45) is 0 Å². The second kappa shape index (κ2) is 6.60. The first kappa shape index (κ1) is 14.6. The molecule has 2 fully saturated rings. The van der Waals surface area contributed by atoms with E-state index in [-0.39, 0.29) is 5.91 Å². The average molecular weight is 312 g/mol. The molecule has 2 aliphatic rings. The molecule has 3 rings (SSSR count). The minimum absolute atomic E-state index is 0.0232. The van der Waals surface area contributed by atoms with Gasteiger partial charge in [-0.25, -0.2) is 4.98 Å². The number of ether oxygens (including phenoxy) is 2. The van der Waals surface area contributed by atoms with Crippen LogP contribution in [0.15, 0.2) is 18.3 Å². The number of anilines is 1. The molecule has 1 unspecified atom stereocenters. The number of pyridine rings is 1. The van der Waals surface area contributed by atoms with Gasteiger partial charge in [-0.05, 0) is 12.1 Å². The molecule has 0 aliphatic carbocycles. The van der Waals surface area contributed by atoms with Crippen LogP contribution in [0.25, 0.3) is 0 Å². The number of nitrogens with zero attached hydrogens (tertiary/aromatic N) is 3. The van der Waals surface area contributed by atoms with Crippen LogP contribution in [-0.2, 0) is 14.3 Å². The van der Waals surface area contributed by atoms with Gasteiger partial charge in [0.25, 0.3) is 5.91 Å². The molecule has 21 heavy (non-hydrogen) atoms. The van der Waals surface area contributed by atoms with Gasteiger partial charge in [0.1, 0.15) is 5.82 Å². The zero-order valence-electron chi connectivity index (χ0n) is 11.7. The summed E-state index contributed by atoms with van der Waals surface area (Å²) < 4.78 is 10.9. The first-order chi connectivity index (χ1) is 10.3. The van der Waals surface area contributed by atoms with Gasteiger partial charge in [0.2, 0.25) is 0 Å². The molecule has 0 N–H and O–H groups in total. The van der Waals surface area contributed by atoms with Crippen molar-refractivity contribution in [3.63, 3.8) is 0 Å². The lowest BCUT2D eigenvalue weighted by Gasteiger charge is -2.36. The van der Waals surface area contributed by atoms with Gasteiger partial charge in [0.05, 0.1) is 31.4 Å². The van der Waals surface area contributed by atoms with Crippen LogP contribution < -0.4 is 4.90 Å². The van der Waals surface area contributed by atoms with Crippen LogP contribution >= 0.6 is 11.6 Å². The van der Waals surface area contributed by atoms with Gasteiger partial charge in [-0.2, -0.15) is 0 Å². The fraction of sp³-hybridized carbons (Fsp3) is 0.571. The predicted octanol–water partition coefficient (Wildman–Crippen LogP) is 0.799. The zero-order valence-corrected chi connectivity index (χ0v) is 12.5. The number of morpholine rings is 2. The summed E-state index contributed by atoms with van der Waals surface area (Å²) in [5, 5.41) is 0.594. The van der Waals surface area contributed by atoms with Crippen LogP contribution in [0.2, 0.25) is 5.02 Å². The first-order valence-corrected chi connectivity index (χ1v) is 7.47. The molecule has 0 spiro atoms. The van der Waals surface area contributed by atoms with Crippen LogP contribution in [0.5, 0.6) is 0 Å². The third-order valence-corrected chi connectivity index (χ3v) is 4.00. The lowest BCUT2D eigenvalue weighted by molar-refractivity contribution is -0.148. The van der Waals surface area contributed by atoms with Gasteiger partial charge in [-0.3, -0.25) is 4.79 Å². The molecule has 0 aromatic carbocycles. The largest absolute Gasteiger partial charge is 0.378 e. The van der Waals surface area contributed by atoms with Gasteiger partial charge in [-0.1, -0.05) is 11.6 Å². The van der Waals surface area contributed by atoms with Gasteiger partial charge >= 0.3 is 0 Å². The highest BCUT2D eigenvalue weighted by Crippen LogP contribution is 2.24. The highest BCUT2D eigenvalue weighted by atomic mass is 35.5. The number of aromatic nitrogens is 1. The Bertz CT molecular complexity index is 508. The van der Waals surface area contributed by atoms with Crippen molar-refractivity contribution in [3.05, 3.63) is 23.4 Å². The normalized spacial score (nSPS) is 23.2. The van der Waals surface area contributed by atoms with Crippen LogP contribution in [0.4, 0.5) is 5.82 Å². The van der Waals surface area contributed by atoms with E-state index in [4.69, 9.17) is 21.1 Å². The SMILES string of the molecule is O=C(C1CN(c2ncccc2Cl)CCO1)N1CCOCC1. The molecule has 114 valence electrons. The summed E-state index contributed by atoms with van der Waals surface area (Å²) in [5.74, 6) is 0.734. The van der Waals surface area contributed by atoms with Gasteiger partial charge in [0, 0.05) is 25.8 Å². The molecule has 1 aromatic rings. The lowest BCUT2D eigenvalue weighted by atomic mass is 10.2. The molecule has 1 aromatic heterocycles. The minimum Gasteiger partial charge on any atom is -0.378 e. The number of rotatable bonds is 2. The fourth-order valence-corrected chi connectivity index (χ4v) is 2.83. The Labute approximate surface area is 128 Å². The molecule has 0 radical (unpaired) electrons. The summed E-state index contributed by atoms with van der Waals surface area (Å²) in [4.78, 5) is 20.6. The Morgan fingerprint density at radius 2 is 2.10 bits per heavy atom. The third kappa shape index (κ3) is 3.28. The smallest absolute Gasteiger partial charge is 0.253 e. The average Bonchev–Trinajstić information content (AvgIpc) is 2.55. The van der Waals surface area contributed by atoms with E-state index in [1.54, 1.807) is 23.2 Å². The maximum absolute atomic E-state index is 12.5. The number of hydrogen-bond acceptors (Lipinski definition) is 5. The topological polar surface area (TPSA) is 54.9 Å². The molecular weight excluding hydrogens is 294 g/mol. The van der Waals surface area contributed by atoms with Crippen molar-refractivity contribution in [2.75, 3.05) is 50.9 Å². The second-order valence-electron chi connectivity index (χ2n) is 5.05. The monoisotopic (exact) mass is 311 g/mol. The summed E-state index contributed by atoms with van der Waals surface area (Å²) >= 11 is 6.18. The van der Waals surface area contributed by atoms with Crippen molar-refractivity contribution in [1.82, 2.24) is 9.88 Å². The van der Waals surface area contributed by atoms with E-state index in [0.717, 1.165) is 0 Å². The van der Waals surface area contributed by atoms with Crippen LogP contribution in [0.3, 0.4) is 0 Å². The van der Waals surface area contributed by atoms with Crippen LogP contribution in [0.1, 0.15) is 0 Å². The van der Waals surface area contributed by atoms with Gasteiger partial charge < -0.3 is 19.3 Å². The van der Waals surface area contributed by atoms with Gasteiger partial charge in [-0.15, -0.1) is 0 Å². The molecular formula is C14H18ClN3O3. The minimum atomic E-state index is -0.463. The third-order valence-electron chi connectivity index (χ3n) is 3.70. The molecule has 1 amide bonds. The van der Waals surface area contributed by atoms with Crippen LogP contribution in [0, 0.1) is 0 Å². The van der Waals surface area contributed by atoms with Crippen molar-refractivity contribution in [3.8, 4) is 0 Å². The van der Waals surface area contributed by atoms with E-state index in [2.05, 4.69) is 4.98 Å². The zero-order chi connectivity index (χ0) is 14.7. The number of carbonyl (C=O) groups excluding carboxylic acids is 1. The highest BCUT2D eigenvalue weighted by molar-refractivity contribution is 6.32. The molecule has 6 nitrogen and oxygen atoms in total. The molecule has 0 bridgehead atoms. The molecule has 2 aliphatic heterocycles. The number of halogens is 1. The Morgan fingerprint density at radius 1 is 1.29 bits per heavy atom. The molecule has 1 atom stereocenters. The van der Waals surface area contributed by atoms with Crippen molar-refractivity contribution >= 4 is 23.3 Å². The predicted molar refractivity (Wildman–Crippen MR) is 78.6 cm³/mol. The van der Waals surface area contributed by atoms with E-state index in [9.17, 15) is 4.79 Å². The standard InChI is InChI=1S/C14H18ClN3O3/c15-11-2-1-3-16-13(11)18-6-9-21-12(10-18)14(19)17-4-7-20-8-5-17/h1-3,12H,4-10H2. The molecule has 2 saturated heterocycles. The number of amides is 1. The van der Waals surface area contributed by atoms with E-state index in [1.165, 1.54) is 0 Å². The summed E-state index contributed by atoms with van der Waals surface area (Å²) in [6.07, 6.45) is 1.24. The number of carbonyl (C=O) groups is 1. The van der Waals surface area contributed by atoms with Crippen molar-refractivity contribution in [2.45, 2.75) is 6.10 Å². The summed E-state index contributed by atoms with van der Waals surface area (Å²) in [6.45, 7) is 4.10. The maximum atomic E-state index is 12.5. The van der Waals surface area contributed by atoms with Crippen LogP contribution in [-0.4, -0.2) is 67.9 Å². The van der Waals surface area contributed by atoms with Gasteiger partial charge in [0.15, 0.2) is 6.10 Å². The Morgan fingerprint density at radius 3 is 2.86 bits per heavy atom.